The summed E-state index contributed by atoms with van der Waals surface area (Å²) in [6.07, 6.45) is 1.65. The predicted molar refractivity (Wildman–Crippen MR) is 77.6 cm³/mol. The van der Waals surface area contributed by atoms with Gasteiger partial charge >= 0.3 is 5.97 Å². The summed E-state index contributed by atoms with van der Waals surface area (Å²) in [5, 5.41) is 11.6. The maximum atomic E-state index is 11.8. The van der Waals surface area contributed by atoms with E-state index < -0.39 is 5.97 Å². The van der Waals surface area contributed by atoms with Gasteiger partial charge in [0.2, 0.25) is 5.91 Å². The van der Waals surface area contributed by atoms with E-state index in [1.807, 2.05) is 0 Å². The molecule has 0 atom stereocenters. The fraction of sp³-hybridized carbons (Fsp3) is 0.133. The maximum absolute atomic E-state index is 11.8. The number of aromatic carboxylic acids is 1. The number of carboxylic acids is 1. The van der Waals surface area contributed by atoms with Crippen LogP contribution in [0.2, 0.25) is 0 Å². The molecule has 1 aromatic carbocycles. The van der Waals surface area contributed by atoms with Gasteiger partial charge < -0.3 is 16.2 Å². The number of rotatable bonds is 5. The van der Waals surface area contributed by atoms with Crippen LogP contribution in [0.5, 0.6) is 0 Å². The number of nitrogens with two attached hydrogens (primary N) is 1. The lowest BCUT2D eigenvalue weighted by Crippen LogP contribution is -2.25. The van der Waals surface area contributed by atoms with E-state index in [1.54, 1.807) is 24.3 Å². The van der Waals surface area contributed by atoms with Crippen LogP contribution in [0, 0.1) is 0 Å². The summed E-state index contributed by atoms with van der Waals surface area (Å²) in [6, 6.07) is 9.82. The number of hydrogen-bond acceptors (Lipinski definition) is 4. The van der Waals surface area contributed by atoms with Gasteiger partial charge in [-0.15, -0.1) is 0 Å². The van der Waals surface area contributed by atoms with Gasteiger partial charge in [0.05, 0.1) is 23.9 Å². The van der Waals surface area contributed by atoms with E-state index in [4.69, 9.17) is 10.8 Å². The van der Waals surface area contributed by atoms with Gasteiger partial charge in [-0.2, -0.15) is 0 Å². The van der Waals surface area contributed by atoms with Gasteiger partial charge in [-0.1, -0.05) is 12.1 Å². The fourth-order valence-electron chi connectivity index (χ4n) is 1.78. The molecule has 0 radical (unpaired) electrons. The number of anilines is 1. The van der Waals surface area contributed by atoms with Crippen molar-refractivity contribution in [3.05, 3.63) is 59.4 Å². The lowest BCUT2D eigenvalue weighted by Gasteiger charge is -2.06. The van der Waals surface area contributed by atoms with Crippen LogP contribution in [0.4, 0.5) is 5.69 Å². The number of carboxylic acid groups (broad SMARTS) is 1. The molecule has 6 nitrogen and oxygen atoms in total. The molecular formula is C15H15N3O3. The van der Waals surface area contributed by atoms with E-state index in [9.17, 15) is 9.59 Å². The molecule has 0 spiro atoms. The summed E-state index contributed by atoms with van der Waals surface area (Å²) in [5.41, 5.74) is 7.62. The number of nitrogen functional groups attached to an aromatic ring is 1. The van der Waals surface area contributed by atoms with E-state index in [-0.39, 0.29) is 24.4 Å². The van der Waals surface area contributed by atoms with E-state index >= 15 is 0 Å². The SMILES string of the molecule is Nc1ccc(CC(=O)NCc2cccc(C(=O)O)c2)nc1. The molecule has 2 rings (SSSR count). The van der Waals surface area contributed by atoms with Crippen molar-refractivity contribution in [3.63, 3.8) is 0 Å². The Balaban J connectivity index is 1.90. The van der Waals surface area contributed by atoms with Crippen LogP contribution in [0.1, 0.15) is 21.6 Å². The Morgan fingerprint density at radius 1 is 1.24 bits per heavy atom. The first kappa shape index (κ1) is 14.5. The molecular weight excluding hydrogens is 270 g/mol. The van der Waals surface area contributed by atoms with Crippen LogP contribution < -0.4 is 11.1 Å². The molecule has 0 saturated heterocycles. The third kappa shape index (κ3) is 4.31. The van der Waals surface area contributed by atoms with E-state index in [1.165, 1.54) is 18.3 Å². The van der Waals surface area contributed by atoms with Gasteiger partial charge in [0.15, 0.2) is 0 Å². The molecule has 4 N–H and O–H groups in total. The van der Waals surface area contributed by atoms with Gasteiger partial charge in [0, 0.05) is 12.2 Å². The number of carbonyl (C=O) groups is 2. The average Bonchev–Trinajstić information content (AvgIpc) is 2.48. The summed E-state index contributed by atoms with van der Waals surface area (Å²) in [7, 11) is 0. The van der Waals surface area contributed by atoms with Crippen molar-refractivity contribution in [1.82, 2.24) is 10.3 Å². The zero-order valence-corrected chi connectivity index (χ0v) is 11.2. The van der Waals surface area contributed by atoms with Crippen molar-refractivity contribution in [2.45, 2.75) is 13.0 Å². The molecule has 1 aromatic heterocycles. The number of nitrogens with one attached hydrogen (secondary N) is 1. The molecule has 2 aromatic rings. The number of carbonyl (C=O) groups excluding carboxylic acids is 1. The minimum atomic E-state index is -0.991. The van der Waals surface area contributed by atoms with E-state index in [0.29, 0.717) is 11.4 Å². The highest BCUT2D eigenvalue weighted by Crippen LogP contribution is 2.06. The second-order valence-corrected chi connectivity index (χ2v) is 4.54. The lowest BCUT2D eigenvalue weighted by molar-refractivity contribution is -0.120. The normalized spacial score (nSPS) is 10.1. The van der Waals surface area contributed by atoms with Crippen molar-refractivity contribution in [3.8, 4) is 0 Å². The highest BCUT2D eigenvalue weighted by molar-refractivity contribution is 5.87. The van der Waals surface area contributed by atoms with Crippen LogP contribution in [0.15, 0.2) is 42.6 Å². The Bertz CT molecular complexity index is 653. The molecule has 0 aliphatic carbocycles. The Morgan fingerprint density at radius 3 is 2.71 bits per heavy atom. The summed E-state index contributed by atoms with van der Waals surface area (Å²) >= 11 is 0. The van der Waals surface area contributed by atoms with Crippen LogP contribution in [-0.4, -0.2) is 22.0 Å². The molecule has 21 heavy (non-hydrogen) atoms. The number of benzene rings is 1. The van der Waals surface area contributed by atoms with Gasteiger partial charge in [0.25, 0.3) is 0 Å². The molecule has 0 fully saturated rings. The number of pyridine rings is 1. The molecule has 1 heterocycles. The van der Waals surface area contributed by atoms with Crippen molar-refractivity contribution < 1.29 is 14.7 Å². The van der Waals surface area contributed by atoms with Gasteiger partial charge in [0.1, 0.15) is 0 Å². The van der Waals surface area contributed by atoms with Gasteiger partial charge in [-0.25, -0.2) is 4.79 Å². The minimum absolute atomic E-state index is 0.152. The van der Waals surface area contributed by atoms with Crippen LogP contribution in [0.3, 0.4) is 0 Å². The smallest absolute Gasteiger partial charge is 0.335 e. The maximum Gasteiger partial charge on any atom is 0.335 e. The Labute approximate surface area is 121 Å². The average molecular weight is 285 g/mol. The molecule has 0 aliphatic rings. The summed E-state index contributed by atoms with van der Waals surface area (Å²) in [5.74, 6) is -1.18. The van der Waals surface area contributed by atoms with E-state index in [0.717, 1.165) is 5.56 Å². The number of nitrogens with zero attached hydrogens (tertiary/aromatic N) is 1. The zero-order chi connectivity index (χ0) is 15.2. The number of amides is 1. The molecule has 6 heteroatoms. The Morgan fingerprint density at radius 2 is 2.05 bits per heavy atom. The third-order valence-electron chi connectivity index (χ3n) is 2.85. The van der Waals surface area contributed by atoms with E-state index in [2.05, 4.69) is 10.3 Å². The first-order valence-corrected chi connectivity index (χ1v) is 6.34. The Kier molecular flexibility index (Phi) is 4.50. The highest BCUT2D eigenvalue weighted by Gasteiger charge is 2.06. The monoisotopic (exact) mass is 285 g/mol. The number of aromatic nitrogens is 1. The van der Waals surface area contributed by atoms with Crippen LogP contribution in [0.25, 0.3) is 0 Å². The fourth-order valence-corrected chi connectivity index (χ4v) is 1.78. The molecule has 0 unspecified atom stereocenters. The molecule has 108 valence electrons. The van der Waals surface area contributed by atoms with Gasteiger partial charge in [-0.3, -0.25) is 9.78 Å². The van der Waals surface area contributed by atoms with Crippen molar-refractivity contribution >= 4 is 17.6 Å². The highest BCUT2D eigenvalue weighted by atomic mass is 16.4. The first-order chi connectivity index (χ1) is 10.0. The Hall–Kier alpha value is -2.89. The summed E-state index contributed by atoms with van der Waals surface area (Å²) < 4.78 is 0. The standard InChI is InChI=1S/C15H15N3O3/c16-12-4-5-13(17-9-12)7-14(19)18-8-10-2-1-3-11(6-10)15(20)21/h1-6,9H,7-8,16H2,(H,18,19)(H,20,21). The summed E-state index contributed by atoms with van der Waals surface area (Å²) in [4.78, 5) is 26.7. The molecule has 0 bridgehead atoms. The van der Waals surface area contributed by atoms with Crippen LogP contribution >= 0.6 is 0 Å². The third-order valence-corrected chi connectivity index (χ3v) is 2.85. The minimum Gasteiger partial charge on any atom is -0.478 e. The van der Waals surface area contributed by atoms with Crippen molar-refractivity contribution in [2.24, 2.45) is 0 Å². The predicted octanol–water partition coefficient (Wildman–Crippen LogP) is 1.22. The summed E-state index contributed by atoms with van der Waals surface area (Å²) in [6.45, 7) is 0.273. The quantitative estimate of drug-likeness (QED) is 0.766. The molecule has 0 saturated carbocycles. The second kappa shape index (κ2) is 6.51. The van der Waals surface area contributed by atoms with Crippen molar-refractivity contribution in [2.75, 3.05) is 5.73 Å². The van der Waals surface area contributed by atoms with Crippen LogP contribution in [-0.2, 0) is 17.8 Å². The van der Waals surface area contributed by atoms with Crippen molar-refractivity contribution in [1.29, 1.82) is 0 Å². The lowest BCUT2D eigenvalue weighted by atomic mass is 10.1. The molecule has 0 aliphatic heterocycles. The van der Waals surface area contributed by atoms with Gasteiger partial charge in [-0.05, 0) is 29.8 Å². The second-order valence-electron chi connectivity index (χ2n) is 4.54. The molecule has 1 amide bonds. The first-order valence-electron chi connectivity index (χ1n) is 6.34. The number of hydrogen-bond donors (Lipinski definition) is 3. The largest absolute Gasteiger partial charge is 0.478 e. The zero-order valence-electron chi connectivity index (χ0n) is 11.2. The topological polar surface area (TPSA) is 105 Å².